The van der Waals surface area contributed by atoms with Gasteiger partial charge in [-0.05, 0) is 56.9 Å². The Bertz CT molecular complexity index is 522. The number of hydrogen-bond donors (Lipinski definition) is 1. The van der Waals surface area contributed by atoms with Crippen molar-refractivity contribution in [1.29, 1.82) is 0 Å². The van der Waals surface area contributed by atoms with E-state index in [9.17, 15) is 4.79 Å². The molecule has 0 amide bonds. The molecule has 1 aromatic carbocycles. The van der Waals surface area contributed by atoms with Crippen LogP contribution in [0.25, 0.3) is 0 Å². The first-order valence-electron chi connectivity index (χ1n) is 7.47. The summed E-state index contributed by atoms with van der Waals surface area (Å²) in [6.45, 7) is 14.3. The lowest BCUT2D eigenvalue weighted by Gasteiger charge is -2.35. The van der Waals surface area contributed by atoms with Crippen molar-refractivity contribution in [3.8, 4) is 0 Å². The molecule has 0 radical (unpaired) electrons. The van der Waals surface area contributed by atoms with Crippen molar-refractivity contribution in [3.05, 3.63) is 33.9 Å². The minimum atomic E-state index is 0.176. The Morgan fingerprint density at radius 1 is 1.35 bits per heavy atom. The predicted octanol–water partition coefficient (Wildman–Crippen LogP) is 2.61. The van der Waals surface area contributed by atoms with Crippen LogP contribution in [0.2, 0.25) is 0 Å². The van der Waals surface area contributed by atoms with Crippen LogP contribution in [0.1, 0.15) is 46.5 Å². The van der Waals surface area contributed by atoms with E-state index < -0.39 is 0 Å². The molecule has 1 fully saturated rings. The van der Waals surface area contributed by atoms with Crippen LogP contribution in [0.3, 0.4) is 0 Å². The number of carbonyl (C=O) groups is 1. The Morgan fingerprint density at radius 2 is 2.05 bits per heavy atom. The van der Waals surface area contributed by atoms with Gasteiger partial charge in [0, 0.05) is 37.8 Å². The van der Waals surface area contributed by atoms with Gasteiger partial charge in [-0.1, -0.05) is 6.07 Å². The zero-order valence-corrected chi connectivity index (χ0v) is 13.3. The average Bonchev–Trinajstić information content (AvgIpc) is 2.35. The first-order valence-corrected chi connectivity index (χ1v) is 7.47. The average molecular weight is 274 g/mol. The van der Waals surface area contributed by atoms with Crippen molar-refractivity contribution in [3.63, 3.8) is 0 Å². The summed E-state index contributed by atoms with van der Waals surface area (Å²) in [5, 5.41) is 3.42. The zero-order chi connectivity index (χ0) is 14.9. The fraction of sp³-hybridized carbons (Fsp3) is 0.588. The summed E-state index contributed by atoms with van der Waals surface area (Å²) >= 11 is 0. The second kappa shape index (κ2) is 6.06. The number of nitrogens with zero attached hydrogens (tertiary/aromatic N) is 1. The molecular formula is C17H26N2O. The number of piperazine rings is 1. The summed E-state index contributed by atoms with van der Waals surface area (Å²) in [6, 6.07) is 2.70. The van der Waals surface area contributed by atoms with E-state index in [1.165, 1.54) is 16.7 Å². The standard InChI is InChI=1S/C17H26N2O/c1-11-8-12(2)17(15(5)20)14(4)16(11)10-19-7-6-18-9-13(19)3/h8,13,18H,6-7,9-10H2,1-5H3/t13-/m1/s1. The predicted molar refractivity (Wildman–Crippen MR) is 83.4 cm³/mol. The molecule has 2 rings (SSSR count). The second-order valence-electron chi connectivity index (χ2n) is 6.07. The lowest BCUT2D eigenvalue weighted by molar-refractivity contribution is 0.101. The highest BCUT2D eigenvalue weighted by atomic mass is 16.1. The Kier molecular flexibility index (Phi) is 4.61. The van der Waals surface area contributed by atoms with E-state index in [0.29, 0.717) is 6.04 Å². The van der Waals surface area contributed by atoms with Crippen molar-refractivity contribution in [2.75, 3.05) is 19.6 Å². The zero-order valence-electron chi connectivity index (χ0n) is 13.3. The first kappa shape index (κ1) is 15.2. The normalized spacial score (nSPS) is 20.1. The lowest BCUT2D eigenvalue weighted by Crippen LogP contribution is -2.49. The molecule has 1 heterocycles. The molecule has 1 aliphatic rings. The molecule has 1 aliphatic heterocycles. The van der Waals surface area contributed by atoms with Gasteiger partial charge >= 0.3 is 0 Å². The van der Waals surface area contributed by atoms with E-state index >= 15 is 0 Å². The molecule has 3 nitrogen and oxygen atoms in total. The van der Waals surface area contributed by atoms with Crippen LogP contribution in [-0.2, 0) is 6.54 Å². The molecule has 0 aliphatic carbocycles. The molecule has 1 atom stereocenters. The van der Waals surface area contributed by atoms with E-state index in [4.69, 9.17) is 0 Å². The molecule has 0 aromatic heterocycles. The summed E-state index contributed by atoms with van der Waals surface area (Å²) in [7, 11) is 0. The van der Waals surface area contributed by atoms with Crippen LogP contribution in [0, 0.1) is 20.8 Å². The van der Waals surface area contributed by atoms with E-state index in [0.717, 1.165) is 37.3 Å². The quantitative estimate of drug-likeness (QED) is 0.860. The van der Waals surface area contributed by atoms with Crippen LogP contribution < -0.4 is 5.32 Å². The number of ketones is 1. The Balaban J connectivity index is 2.36. The number of carbonyl (C=O) groups excluding carboxylic acids is 1. The highest BCUT2D eigenvalue weighted by Gasteiger charge is 2.21. The number of benzene rings is 1. The van der Waals surface area contributed by atoms with Gasteiger partial charge in [-0.25, -0.2) is 0 Å². The number of aryl methyl sites for hydroxylation is 2. The van der Waals surface area contributed by atoms with Crippen molar-refractivity contribution >= 4 is 5.78 Å². The molecule has 0 unspecified atom stereocenters. The summed E-state index contributed by atoms with van der Waals surface area (Å²) in [5.74, 6) is 0.176. The van der Waals surface area contributed by atoms with Crippen molar-refractivity contribution in [1.82, 2.24) is 10.2 Å². The first-order chi connectivity index (χ1) is 9.41. The summed E-state index contributed by atoms with van der Waals surface area (Å²) in [4.78, 5) is 14.4. The second-order valence-corrected chi connectivity index (χ2v) is 6.07. The maximum atomic E-state index is 11.9. The molecule has 110 valence electrons. The van der Waals surface area contributed by atoms with Crippen LogP contribution in [0.4, 0.5) is 0 Å². The van der Waals surface area contributed by atoms with Crippen LogP contribution in [-0.4, -0.2) is 36.4 Å². The molecule has 1 saturated heterocycles. The van der Waals surface area contributed by atoms with Gasteiger partial charge in [0.2, 0.25) is 0 Å². The maximum absolute atomic E-state index is 11.9. The summed E-state index contributed by atoms with van der Waals surface area (Å²) < 4.78 is 0. The summed E-state index contributed by atoms with van der Waals surface area (Å²) in [6.07, 6.45) is 0. The summed E-state index contributed by atoms with van der Waals surface area (Å²) in [5.41, 5.74) is 5.81. The fourth-order valence-electron chi connectivity index (χ4n) is 3.33. The third kappa shape index (κ3) is 2.94. The highest BCUT2D eigenvalue weighted by Crippen LogP contribution is 2.25. The van der Waals surface area contributed by atoms with E-state index in [-0.39, 0.29) is 5.78 Å². The highest BCUT2D eigenvalue weighted by molar-refractivity contribution is 5.97. The largest absolute Gasteiger partial charge is 0.314 e. The van der Waals surface area contributed by atoms with Gasteiger partial charge in [0.15, 0.2) is 5.78 Å². The number of Topliss-reactive ketones (excluding diaryl/α,β-unsaturated/α-hetero) is 1. The van der Waals surface area contributed by atoms with Gasteiger partial charge in [-0.3, -0.25) is 9.69 Å². The van der Waals surface area contributed by atoms with Gasteiger partial charge in [0.1, 0.15) is 0 Å². The molecule has 20 heavy (non-hydrogen) atoms. The van der Waals surface area contributed by atoms with Crippen LogP contribution in [0.15, 0.2) is 6.07 Å². The fourth-order valence-corrected chi connectivity index (χ4v) is 3.33. The topological polar surface area (TPSA) is 32.3 Å². The minimum Gasteiger partial charge on any atom is -0.314 e. The minimum absolute atomic E-state index is 0.176. The Morgan fingerprint density at radius 3 is 2.65 bits per heavy atom. The van der Waals surface area contributed by atoms with Gasteiger partial charge in [0.05, 0.1) is 0 Å². The number of nitrogens with one attached hydrogen (secondary N) is 1. The maximum Gasteiger partial charge on any atom is 0.160 e. The third-order valence-electron chi connectivity index (χ3n) is 4.48. The molecule has 0 bridgehead atoms. The van der Waals surface area contributed by atoms with Crippen molar-refractivity contribution < 1.29 is 4.79 Å². The molecule has 1 aromatic rings. The Labute approximate surface area is 122 Å². The third-order valence-corrected chi connectivity index (χ3v) is 4.48. The van der Waals surface area contributed by atoms with E-state index in [1.54, 1.807) is 6.92 Å². The van der Waals surface area contributed by atoms with Gasteiger partial charge in [0.25, 0.3) is 0 Å². The number of rotatable bonds is 3. The van der Waals surface area contributed by atoms with Crippen LogP contribution in [0.5, 0.6) is 0 Å². The lowest BCUT2D eigenvalue weighted by atomic mass is 9.91. The SMILES string of the molecule is CC(=O)c1c(C)cc(C)c(CN2CCNC[C@H]2C)c1C. The van der Waals surface area contributed by atoms with Crippen LogP contribution >= 0.6 is 0 Å². The Hall–Kier alpha value is -1.19. The van der Waals surface area contributed by atoms with Crippen molar-refractivity contribution in [2.45, 2.75) is 47.2 Å². The molecule has 3 heteroatoms. The van der Waals surface area contributed by atoms with Gasteiger partial charge in [-0.15, -0.1) is 0 Å². The molecule has 1 N–H and O–H groups in total. The van der Waals surface area contributed by atoms with E-state index in [1.807, 2.05) is 6.92 Å². The number of hydrogen-bond acceptors (Lipinski definition) is 3. The molecule has 0 spiro atoms. The van der Waals surface area contributed by atoms with Gasteiger partial charge < -0.3 is 5.32 Å². The van der Waals surface area contributed by atoms with Crippen molar-refractivity contribution in [2.24, 2.45) is 0 Å². The monoisotopic (exact) mass is 274 g/mol. The molecular weight excluding hydrogens is 248 g/mol. The molecule has 0 saturated carbocycles. The van der Waals surface area contributed by atoms with Gasteiger partial charge in [-0.2, -0.15) is 0 Å². The smallest absolute Gasteiger partial charge is 0.160 e. The van der Waals surface area contributed by atoms with E-state index in [2.05, 4.69) is 37.1 Å².